The molecule has 1 heterocycles. The number of pyridine rings is 1. The topological polar surface area (TPSA) is 12.9 Å². The summed E-state index contributed by atoms with van der Waals surface area (Å²) in [6.45, 7) is 4.41. The molecule has 0 aliphatic rings. The Bertz CT molecular complexity index is 281. The van der Waals surface area contributed by atoms with Gasteiger partial charge in [0.05, 0.1) is 0 Å². The molecular weight excluding hydrogens is 201 g/mol. The average Bonchev–Trinajstić information content (AvgIpc) is 2.31. The van der Waals surface area contributed by atoms with Crippen LogP contribution in [0.25, 0.3) is 0 Å². The lowest BCUT2D eigenvalue weighted by Crippen LogP contribution is -1.99. The second kappa shape index (κ2) is 7.37. The van der Waals surface area contributed by atoms with Crippen LogP contribution in [0.2, 0.25) is 0 Å². The second-order valence-electron chi connectivity index (χ2n) is 4.37. The van der Waals surface area contributed by atoms with Gasteiger partial charge in [-0.05, 0) is 30.4 Å². The van der Waals surface area contributed by atoms with Crippen LogP contribution < -0.4 is 0 Å². The summed E-state index contributed by atoms with van der Waals surface area (Å²) in [6.07, 6.45) is 9.16. The van der Waals surface area contributed by atoms with E-state index in [4.69, 9.17) is 0 Å². The van der Waals surface area contributed by atoms with Gasteiger partial charge in [-0.3, -0.25) is 0 Å². The van der Waals surface area contributed by atoms with Crippen LogP contribution in [-0.2, 0) is 0 Å². The Labute approximate surface area is 98.1 Å². The average molecular weight is 223 g/mol. The van der Waals surface area contributed by atoms with E-state index in [2.05, 4.69) is 18.8 Å². The minimum atomic E-state index is -0.385. The lowest BCUT2D eigenvalue weighted by atomic mass is 9.92. The van der Waals surface area contributed by atoms with Crippen LogP contribution in [0.15, 0.2) is 18.3 Å². The predicted octanol–water partition coefficient (Wildman–Crippen LogP) is 4.68. The van der Waals surface area contributed by atoms with Crippen molar-refractivity contribution in [2.45, 2.75) is 58.3 Å². The molecule has 0 aromatic carbocycles. The lowest BCUT2D eigenvalue weighted by Gasteiger charge is -2.14. The fourth-order valence-electron chi connectivity index (χ4n) is 2.05. The summed E-state index contributed by atoms with van der Waals surface area (Å²) in [6, 6.07) is 3.33. The van der Waals surface area contributed by atoms with Crippen molar-refractivity contribution in [3.63, 3.8) is 0 Å². The third-order valence-corrected chi connectivity index (χ3v) is 3.12. The first kappa shape index (κ1) is 13.1. The molecule has 1 nitrogen and oxygen atoms in total. The van der Waals surface area contributed by atoms with Crippen molar-refractivity contribution in [1.29, 1.82) is 0 Å². The quantitative estimate of drug-likeness (QED) is 0.483. The minimum Gasteiger partial charge on any atom is -0.228 e. The predicted molar refractivity (Wildman–Crippen MR) is 66.0 cm³/mol. The summed E-state index contributed by atoms with van der Waals surface area (Å²) >= 11 is 0. The van der Waals surface area contributed by atoms with E-state index in [0.29, 0.717) is 5.92 Å². The van der Waals surface area contributed by atoms with Gasteiger partial charge in [-0.1, -0.05) is 45.6 Å². The monoisotopic (exact) mass is 223 g/mol. The van der Waals surface area contributed by atoms with Crippen LogP contribution in [0.5, 0.6) is 0 Å². The first-order valence-corrected chi connectivity index (χ1v) is 6.39. The van der Waals surface area contributed by atoms with E-state index in [-0.39, 0.29) is 5.95 Å². The summed E-state index contributed by atoms with van der Waals surface area (Å²) < 4.78 is 12.7. The van der Waals surface area contributed by atoms with Gasteiger partial charge in [0.1, 0.15) is 0 Å². The fourth-order valence-corrected chi connectivity index (χ4v) is 2.05. The Balaban J connectivity index is 2.44. The number of hydrogen-bond donors (Lipinski definition) is 0. The van der Waals surface area contributed by atoms with Crippen molar-refractivity contribution in [1.82, 2.24) is 4.98 Å². The third kappa shape index (κ3) is 4.30. The van der Waals surface area contributed by atoms with Gasteiger partial charge in [0.2, 0.25) is 5.95 Å². The van der Waals surface area contributed by atoms with Gasteiger partial charge in [0.15, 0.2) is 0 Å². The SMILES string of the molecule is CCCCCCC(CC)c1ccc(F)nc1. The highest BCUT2D eigenvalue weighted by Gasteiger charge is 2.09. The smallest absolute Gasteiger partial charge is 0.212 e. The zero-order chi connectivity index (χ0) is 11.8. The van der Waals surface area contributed by atoms with Crippen LogP contribution >= 0.6 is 0 Å². The van der Waals surface area contributed by atoms with Gasteiger partial charge in [-0.15, -0.1) is 0 Å². The molecule has 90 valence electrons. The van der Waals surface area contributed by atoms with Crippen molar-refractivity contribution < 1.29 is 4.39 Å². The Morgan fingerprint density at radius 3 is 2.56 bits per heavy atom. The van der Waals surface area contributed by atoms with E-state index >= 15 is 0 Å². The Kier molecular flexibility index (Phi) is 6.05. The first-order chi connectivity index (χ1) is 7.77. The highest BCUT2D eigenvalue weighted by Crippen LogP contribution is 2.25. The van der Waals surface area contributed by atoms with Crippen molar-refractivity contribution in [3.8, 4) is 0 Å². The number of rotatable bonds is 7. The zero-order valence-electron chi connectivity index (χ0n) is 10.4. The molecule has 1 unspecified atom stereocenters. The van der Waals surface area contributed by atoms with Gasteiger partial charge in [-0.25, -0.2) is 4.98 Å². The molecule has 0 amide bonds. The second-order valence-corrected chi connectivity index (χ2v) is 4.37. The third-order valence-electron chi connectivity index (χ3n) is 3.12. The van der Waals surface area contributed by atoms with E-state index in [9.17, 15) is 4.39 Å². The first-order valence-electron chi connectivity index (χ1n) is 6.39. The van der Waals surface area contributed by atoms with Gasteiger partial charge in [0.25, 0.3) is 0 Å². The zero-order valence-corrected chi connectivity index (χ0v) is 10.4. The highest BCUT2D eigenvalue weighted by atomic mass is 19.1. The van der Waals surface area contributed by atoms with E-state index in [0.717, 1.165) is 6.42 Å². The molecule has 0 saturated carbocycles. The van der Waals surface area contributed by atoms with Crippen LogP contribution in [0.1, 0.15) is 63.9 Å². The van der Waals surface area contributed by atoms with E-state index in [1.807, 2.05) is 6.07 Å². The normalized spacial score (nSPS) is 12.7. The van der Waals surface area contributed by atoms with Crippen LogP contribution in [-0.4, -0.2) is 4.98 Å². The van der Waals surface area contributed by atoms with Gasteiger partial charge < -0.3 is 0 Å². The van der Waals surface area contributed by atoms with Crippen molar-refractivity contribution in [2.75, 3.05) is 0 Å². The van der Waals surface area contributed by atoms with Gasteiger partial charge in [0, 0.05) is 6.20 Å². The molecular formula is C14H22FN. The number of aromatic nitrogens is 1. The number of hydrogen-bond acceptors (Lipinski definition) is 1. The highest BCUT2D eigenvalue weighted by molar-refractivity contribution is 5.14. The van der Waals surface area contributed by atoms with Crippen LogP contribution in [0.4, 0.5) is 4.39 Å². The van der Waals surface area contributed by atoms with Gasteiger partial charge >= 0.3 is 0 Å². The van der Waals surface area contributed by atoms with Crippen molar-refractivity contribution >= 4 is 0 Å². The molecule has 1 atom stereocenters. The lowest BCUT2D eigenvalue weighted by molar-refractivity contribution is 0.535. The Morgan fingerprint density at radius 1 is 1.19 bits per heavy atom. The van der Waals surface area contributed by atoms with Gasteiger partial charge in [-0.2, -0.15) is 4.39 Å². The fraction of sp³-hybridized carbons (Fsp3) is 0.643. The maximum absolute atomic E-state index is 12.7. The molecule has 0 aliphatic carbocycles. The largest absolute Gasteiger partial charge is 0.228 e. The Morgan fingerprint density at radius 2 is 2.00 bits per heavy atom. The summed E-state index contributed by atoms with van der Waals surface area (Å²) in [4.78, 5) is 3.73. The van der Waals surface area contributed by atoms with Crippen LogP contribution in [0, 0.1) is 5.95 Å². The summed E-state index contributed by atoms with van der Waals surface area (Å²) in [5.74, 6) is 0.162. The maximum Gasteiger partial charge on any atom is 0.212 e. The summed E-state index contributed by atoms with van der Waals surface area (Å²) in [7, 11) is 0. The molecule has 0 N–H and O–H groups in total. The molecule has 2 heteroatoms. The molecule has 0 radical (unpaired) electrons. The van der Waals surface area contributed by atoms with Crippen molar-refractivity contribution in [3.05, 3.63) is 29.8 Å². The Hall–Kier alpha value is -0.920. The maximum atomic E-state index is 12.7. The molecule has 0 aliphatic heterocycles. The van der Waals surface area contributed by atoms with E-state index in [1.54, 1.807) is 6.20 Å². The number of unbranched alkanes of at least 4 members (excludes halogenated alkanes) is 3. The molecule has 1 aromatic heterocycles. The molecule has 16 heavy (non-hydrogen) atoms. The molecule has 0 spiro atoms. The summed E-state index contributed by atoms with van der Waals surface area (Å²) in [5.41, 5.74) is 1.18. The molecule has 0 saturated heterocycles. The molecule has 1 rings (SSSR count). The minimum absolute atomic E-state index is 0.385. The standard InChI is InChI=1S/C14H22FN/c1-3-5-6-7-8-12(4-2)13-9-10-14(15)16-11-13/h9-12H,3-8H2,1-2H3. The molecule has 1 aromatic rings. The number of nitrogens with zero attached hydrogens (tertiary/aromatic N) is 1. The van der Waals surface area contributed by atoms with Crippen LogP contribution in [0.3, 0.4) is 0 Å². The molecule has 0 bridgehead atoms. The van der Waals surface area contributed by atoms with E-state index in [1.165, 1.54) is 43.7 Å². The summed E-state index contributed by atoms with van der Waals surface area (Å²) in [5, 5.41) is 0. The molecule has 0 fully saturated rings. The van der Waals surface area contributed by atoms with E-state index < -0.39 is 0 Å². The van der Waals surface area contributed by atoms with Crippen molar-refractivity contribution in [2.24, 2.45) is 0 Å². The number of halogens is 1.